The molecule has 0 amide bonds. The van der Waals surface area contributed by atoms with Gasteiger partial charge in [0, 0.05) is 11.5 Å². The van der Waals surface area contributed by atoms with E-state index in [9.17, 15) is 0 Å². The zero-order valence-corrected chi connectivity index (χ0v) is 11.9. The number of rotatable bonds is 6. The minimum absolute atomic E-state index is 0.0255. The Hall–Kier alpha value is -0.0800. The van der Waals surface area contributed by atoms with E-state index in [0.29, 0.717) is 12.1 Å². The van der Waals surface area contributed by atoms with Gasteiger partial charge in [-0.1, -0.05) is 27.7 Å². The fourth-order valence-corrected chi connectivity index (χ4v) is 2.22. The van der Waals surface area contributed by atoms with Crippen LogP contribution in [-0.2, 0) is 4.74 Å². The number of hydrogen-bond donors (Lipinski definition) is 1. The lowest BCUT2D eigenvalue weighted by molar-refractivity contribution is -0.179. The second-order valence-corrected chi connectivity index (χ2v) is 6.28. The summed E-state index contributed by atoms with van der Waals surface area (Å²) in [6.07, 6.45) is 3.86. The molecule has 16 heavy (non-hydrogen) atoms. The van der Waals surface area contributed by atoms with Crippen LogP contribution in [0.4, 0.5) is 0 Å². The molecule has 1 aliphatic rings. The van der Waals surface area contributed by atoms with Crippen LogP contribution in [0.3, 0.4) is 0 Å². The van der Waals surface area contributed by atoms with Crippen molar-refractivity contribution in [3.63, 3.8) is 0 Å². The Morgan fingerprint density at radius 3 is 2.38 bits per heavy atom. The normalized spacial score (nSPS) is 28.9. The molecule has 1 fully saturated rings. The molecule has 2 atom stereocenters. The summed E-state index contributed by atoms with van der Waals surface area (Å²) in [5.41, 5.74) is 0.305. The average molecular weight is 227 g/mol. The topological polar surface area (TPSA) is 21.3 Å². The van der Waals surface area contributed by atoms with Gasteiger partial charge in [-0.2, -0.15) is 0 Å². The largest absolute Gasteiger partial charge is 0.372 e. The first-order valence-corrected chi connectivity index (χ1v) is 6.74. The Labute approximate surface area is 101 Å². The fraction of sp³-hybridized carbons (Fsp3) is 1.00. The molecule has 0 saturated heterocycles. The standard InChI is InChI=1S/C14H29NO/c1-7-9-15-11-10-12(14(11,5)6)16-13(3,4)8-2/h11-12,15H,7-10H2,1-6H3. The van der Waals surface area contributed by atoms with Crippen molar-refractivity contribution in [3.05, 3.63) is 0 Å². The number of hydrogen-bond acceptors (Lipinski definition) is 2. The Morgan fingerprint density at radius 2 is 1.94 bits per heavy atom. The molecule has 2 heteroatoms. The fourth-order valence-electron chi connectivity index (χ4n) is 2.22. The SMILES string of the molecule is CCCNC1CC(OC(C)(C)CC)C1(C)C. The van der Waals surface area contributed by atoms with E-state index in [1.807, 2.05) is 0 Å². The molecular weight excluding hydrogens is 198 g/mol. The van der Waals surface area contributed by atoms with Gasteiger partial charge < -0.3 is 10.1 Å². The van der Waals surface area contributed by atoms with Gasteiger partial charge in [0.1, 0.15) is 0 Å². The van der Waals surface area contributed by atoms with E-state index in [0.717, 1.165) is 19.4 Å². The van der Waals surface area contributed by atoms with Crippen molar-refractivity contribution in [1.29, 1.82) is 0 Å². The van der Waals surface area contributed by atoms with E-state index >= 15 is 0 Å². The Kier molecular flexibility index (Phi) is 4.42. The van der Waals surface area contributed by atoms with E-state index in [-0.39, 0.29) is 11.0 Å². The van der Waals surface area contributed by atoms with E-state index in [4.69, 9.17) is 4.74 Å². The molecule has 0 aliphatic heterocycles. The van der Waals surface area contributed by atoms with E-state index in [2.05, 4.69) is 46.9 Å². The van der Waals surface area contributed by atoms with Gasteiger partial charge in [0.05, 0.1) is 11.7 Å². The number of nitrogens with one attached hydrogen (secondary N) is 1. The van der Waals surface area contributed by atoms with Gasteiger partial charge in [0.15, 0.2) is 0 Å². The molecule has 0 bridgehead atoms. The minimum Gasteiger partial charge on any atom is -0.372 e. The first-order valence-electron chi connectivity index (χ1n) is 6.74. The summed E-state index contributed by atoms with van der Waals surface area (Å²) in [6, 6.07) is 0.630. The van der Waals surface area contributed by atoms with Crippen molar-refractivity contribution in [2.75, 3.05) is 6.54 Å². The quantitative estimate of drug-likeness (QED) is 0.751. The predicted molar refractivity (Wildman–Crippen MR) is 69.7 cm³/mol. The zero-order chi connectivity index (χ0) is 12.4. The summed E-state index contributed by atoms with van der Waals surface area (Å²) in [7, 11) is 0. The van der Waals surface area contributed by atoms with E-state index in [1.54, 1.807) is 0 Å². The Morgan fingerprint density at radius 1 is 1.31 bits per heavy atom. The minimum atomic E-state index is 0.0255. The molecule has 0 heterocycles. The van der Waals surface area contributed by atoms with E-state index in [1.165, 1.54) is 6.42 Å². The van der Waals surface area contributed by atoms with Crippen LogP contribution < -0.4 is 5.32 Å². The van der Waals surface area contributed by atoms with Crippen LogP contribution in [-0.4, -0.2) is 24.3 Å². The highest BCUT2D eigenvalue weighted by Gasteiger charge is 2.50. The van der Waals surface area contributed by atoms with Gasteiger partial charge in [-0.05, 0) is 39.7 Å². The van der Waals surface area contributed by atoms with Crippen molar-refractivity contribution < 1.29 is 4.74 Å². The van der Waals surface area contributed by atoms with Crippen LogP contribution in [0, 0.1) is 5.41 Å². The molecule has 1 rings (SSSR count). The molecule has 96 valence electrons. The summed E-state index contributed by atoms with van der Waals surface area (Å²) in [6.45, 7) is 14.6. The second kappa shape index (κ2) is 5.05. The van der Waals surface area contributed by atoms with Crippen molar-refractivity contribution >= 4 is 0 Å². The zero-order valence-electron chi connectivity index (χ0n) is 11.9. The Balaban J connectivity index is 2.44. The van der Waals surface area contributed by atoms with Gasteiger partial charge in [-0.3, -0.25) is 0 Å². The second-order valence-electron chi connectivity index (χ2n) is 6.28. The van der Waals surface area contributed by atoms with E-state index < -0.39 is 0 Å². The van der Waals surface area contributed by atoms with Gasteiger partial charge in [0.2, 0.25) is 0 Å². The van der Waals surface area contributed by atoms with Crippen LogP contribution in [0.25, 0.3) is 0 Å². The third kappa shape index (κ3) is 2.98. The highest BCUT2D eigenvalue weighted by molar-refractivity contribution is 5.03. The van der Waals surface area contributed by atoms with Crippen LogP contribution in [0.1, 0.15) is 60.8 Å². The predicted octanol–water partition coefficient (Wildman–Crippen LogP) is 3.36. The molecule has 1 N–H and O–H groups in total. The molecule has 0 aromatic carbocycles. The lowest BCUT2D eigenvalue weighted by atomic mass is 9.64. The molecule has 0 radical (unpaired) electrons. The maximum atomic E-state index is 6.21. The Bertz CT molecular complexity index is 223. The lowest BCUT2D eigenvalue weighted by Gasteiger charge is -2.54. The van der Waals surface area contributed by atoms with Crippen LogP contribution in [0.5, 0.6) is 0 Å². The van der Waals surface area contributed by atoms with Gasteiger partial charge in [-0.15, -0.1) is 0 Å². The molecule has 1 aliphatic carbocycles. The highest BCUT2D eigenvalue weighted by Crippen LogP contribution is 2.44. The van der Waals surface area contributed by atoms with Crippen LogP contribution in [0.2, 0.25) is 0 Å². The molecule has 0 aromatic heterocycles. The van der Waals surface area contributed by atoms with Gasteiger partial charge >= 0.3 is 0 Å². The van der Waals surface area contributed by atoms with Gasteiger partial charge in [-0.25, -0.2) is 0 Å². The third-order valence-corrected chi connectivity index (χ3v) is 4.13. The summed E-state index contributed by atoms with van der Waals surface area (Å²) in [4.78, 5) is 0. The average Bonchev–Trinajstić information content (AvgIpc) is 2.22. The summed E-state index contributed by atoms with van der Waals surface area (Å²) >= 11 is 0. The molecular formula is C14H29NO. The van der Waals surface area contributed by atoms with Gasteiger partial charge in [0.25, 0.3) is 0 Å². The monoisotopic (exact) mass is 227 g/mol. The first-order chi connectivity index (χ1) is 7.33. The van der Waals surface area contributed by atoms with Crippen molar-refractivity contribution in [2.24, 2.45) is 5.41 Å². The molecule has 2 unspecified atom stereocenters. The van der Waals surface area contributed by atoms with Crippen LogP contribution >= 0.6 is 0 Å². The molecule has 1 saturated carbocycles. The molecule has 0 spiro atoms. The molecule has 0 aromatic rings. The maximum Gasteiger partial charge on any atom is 0.0663 e. The number of ether oxygens (including phenoxy) is 1. The van der Waals surface area contributed by atoms with Crippen molar-refractivity contribution in [1.82, 2.24) is 5.32 Å². The third-order valence-electron chi connectivity index (χ3n) is 4.13. The lowest BCUT2D eigenvalue weighted by Crippen LogP contribution is -2.62. The summed E-state index contributed by atoms with van der Waals surface area (Å²) < 4.78 is 6.21. The molecule has 2 nitrogen and oxygen atoms in total. The van der Waals surface area contributed by atoms with Crippen molar-refractivity contribution in [3.8, 4) is 0 Å². The maximum absolute atomic E-state index is 6.21. The summed E-state index contributed by atoms with van der Waals surface area (Å²) in [5, 5.41) is 3.61. The first kappa shape index (κ1) is 14.0. The highest BCUT2D eigenvalue weighted by atomic mass is 16.5. The van der Waals surface area contributed by atoms with Crippen molar-refractivity contribution in [2.45, 2.75) is 78.6 Å². The van der Waals surface area contributed by atoms with Crippen LogP contribution in [0.15, 0.2) is 0 Å². The smallest absolute Gasteiger partial charge is 0.0663 e. The summed E-state index contributed by atoms with van der Waals surface area (Å²) in [5.74, 6) is 0.